The zero-order valence-corrected chi connectivity index (χ0v) is 16.0. The molecule has 0 aromatic heterocycles. The Hall–Kier alpha value is -2.46. The van der Waals surface area contributed by atoms with E-state index in [0.29, 0.717) is 24.3 Å². The van der Waals surface area contributed by atoms with Crippen LogP contribution in [0.25, 0.3) is 0 Å². The van der Waals surface area contributed by atoms with Crippen molar-refractivity contribution >= 4 is 11.8 Å². The number of fused-ring (bicyclic) bond motifs is 1. The Balaban J connectivity index is 2.19. The summed E-state index contributed by atoms with van der Waals surface area (Å²) in [6, 6.07) is 6.95. The fourth-order valence-corrected chi connectivity index (χ4v) is 2.93. The van der Waals surface area contributed by atoms with Crippen LogP contribution in [0.2, 0.25) is 0 Å². The standard InChI is InChI=1S/C22H27NO3/c1-7-11-16(8-2)14-26-15-21(3,4)22(5,6)23-19(24)17-12-9-10-13-18(17)20(23)25/h7-13H,1-2,14-15H2,3-6H3/b16-11+. The number of carbonyl (C=O) groups is 2. The maximum Gasteiger partial charge on any atom is 0.262 e. The highest BCUT2D eigenvalue weighted by molar-refractivity contribution is 6.21. The number of hydrogen-bond acceptors (Lipinski definition) is 3. The third kappa shape index (κ3) is 3.42. The first-order valence-corrected chi connectivity index (χ1v) is 8.67. The number of benzene rings is 1. The van der Waals surface area contributed by atoms with Crippen molar-refractivity contribution < 1.29 is 14.3 Å². The first-order valence-electron chi connectivity index (χ1n) is 8.67. The summed E-state index contributed by atoms with van der Waals surface area (Å²) in [6.45, 7) is 16.0. The molecule has 2 amide bonds. The van der Waals surface area contributed by atoms with E-state index in [1.165, 1.54) is 4.90 Å². The lowest BCUT2D eigenvalue weighted by Gasteiger charge is -2.46. The van der Waals surface area contributed by atoms with Gasteiger partial charge in [-0.2, -0.15) is 0 Å². The largest absolute Gasteiger partial charge is 0.376 e. The minimum absolute atomic E-state index is 0.248. The van der Waals surface area contributed by atoms with Gasteiger partial charge in [-0.25, -0.2) is 0 Å². The number of hydrogen-bond donors (Lipinski definition) is 0. The second-order valence-electron chi connectivity index (χ2n) is 7.61. The summed E-state index contributed by atoms with van der Waals surface area (Å²) < 4.78 is 5.86. The number of allylic oxidation sites excluding steroid dienone is 2. The molecule has 0 bridgehead atoms. The molecule has 0 N–H and O–H groups in total. The average molecular weight is 353 g/mol. The Labute approximate surface area is 155 Å². The Morgan fingerprint density at radius 2 is 1.62 bits per heavy atom. The van der Waals surface area contributed by atoms with E-state index in [1.54, 1.807) is 36.4 Å². The second kappa shape index (κ2) is 7.42. The lowest BCUT2D eigenvalue weighted by Crippen LogP contribution is -2.57. The molecule has 0 aliphatic carbocycles. The van der Waals surface area contributed by atoms with Gasteiger partial charge in [-0.05, 0) is 31.6 Å². The Morgan fingerprint density at radius 3 is 2.08 bits per heavy atom. The number of nitrogens with zero attached hydrogens (tertiary/aromatic N) is 1. The molecule has 0 radical (unpaired) electrons. The smallest absolute Gasteiger partial charge is 0.262 e. The fraction of sp³-hybridized carbons (Fsp3) is 0.364. The van der Waals surface area contributed by atoms with Crippen molar-refractivity contribution in [1.82, 2.24) is 4.90 Å². The third-order valence-corrected chi connectivity index (χ3v) is 5.34. The molecule has 4 nitrogen and oxygen atoms in total. The Bertz CT molecular complexity index is 736. The number of carbonyl (C=O) groups excluding carboxylic acids is 2. The minimum Gasteiger partial charge on any atom is -0.376 e. The lowest BCUT2D eigenvalue weighted by molar-refractivity contribution is -0.0221. The zero-order valence-electron chi connectivity index (χ0n) is 16.0. The molecule has 0 spiro atoms. The molecule has 2 rings (SSSR count). The maximum absolute atomic E-state index is 12.8. The van der Waals surface area contributed by atoms with Crippen LogP contribution in [0.1, 0.15) is 48.4 Å². The van der Waals surface area contributed by atoms with Crippen molar-refractivity contribution in [2.45, 2.75) is 33.2 Å². The predicted molar refractivity (Wildman–Crippen MR) is 104 cm³/mol. The number of imide groups is 1. The van der Waals surface area contributed by atoms with Crippen LogP contribution in [0.4, 0.5) is 0 Å². The molecule has 138 valence electrons. The van der Waals surface area contributed by atoms with Crippen molar-refractivity contribution in [1.29, 1.82) is 0 Å². The van der Waals surface area contributed by atoms with Crippen LogP contribution in [0.15, 0.2) is 61.2 Å². The molecule has 0 unspecified atom stereocenters. The normalized spacial score (nSPS) is 15.2. The molecular formula is C22H27NO3. The quantitative estimate of drug-likeness (QED) is 0.514. The Kier molecular flexibility index (Phi) is 5.67. The topological polar surface area (TPSA) is 46.6 Å². The molecule has 1 aromatic carbocycles. The van der Waals surface area contributed by atoms with Gasteiger partial charge in [0.15, 0.2) is 0 Å². The van der Waals surface area contributed by atoms with Crippen molar-refractivity contribution in [2.75, 3.05) is 13.2 Å². The van der Waals surface area contributed by atoms with Crippen molar-refractivity contribution in [3.05, 3.63) is 72.4 Å². The molecule has 0 saturated carbocycles. The first-order chi connectivity index (χ1) is 12.2. The van der Waals surface area contributed by atoms with Crippen molar-refractivity contribution in [2.24, 2.45) is 5.41 Å². The monoisotopic (exact) mass is 353 g/mol. The molecular weight excluding hydrogens is 326 g/mol. The highest BCUT2D eigenvalue weighted by Crippen LogP contribution is 2.40. The van der Waals surface area contributed by atoms with Crippen LogP contribution in [0.3, 0.4) is 0 Å². The van der Waals surface area contributed by atoms with Crippen LogP contribution in [0.5, 0.6) is 0 Å². The van der Waals surface area contributed by atoms with E-state index in [4.69, 9.17) is 4.74 Å². The van der Waals surface area contributed by atoms with Crippen molar-refractivity contribution in [3.8, 4) is 0 Å². The Morgan fingerprint density at radius 1 is 1.08 bits per heavy atom. The summed E-state index contributed by atoms with van der Waals surface area (Å²) in [5.41, 5.74) is 0.668. The van der Waals surface area contributed by atoms with Crippen LogP contribution in [-0.4, -0.2) is 35.5 Å². The summed E-state index contributed by atoms with van der Waals surface area (Å²) in [7, 11) is 0. The SMILES string of the molecule is C=C/C=C(\C=C)COCC(C)(C)C(C)(C)N1C(=O)c2ccccc2C1=O. The summed E-state index contributed by atoms with van der Waals surface area (Å²) in [5.74, 6) is -0.496. The van der Waals surface area contributed by atoms with Gasteiger partial charge in [-0.3, -0.25) is 14.5 Å². The van der Waals surface area contributed by atoms with Gasteiger partial charge in [0.25, 0.3) is 11.8 Å². The van der Waals surface area contributed by atoms with Crippen molar-refractivity contribution in [3.63, 3.8) is 0 Å². The maximum atomic E-state index is 12.8. The van der Waals surface area contributed by atoms with Gasteiger partial charge >= 0.3 is 0 Å². The summed E-state index contributed by atoms with van der Waals surface area (Å²) in [5, 5.41) is 0. The predicted octanol–water partition coefficient (Wildman–Crippen LogP) is 4.40. The average Bonchev–Trinajstić information content (AvgIpc) is 2.85. The van der Waals surface area contributed by atoms with Gasteiger partial charge < -0.3 is 4.74 Å². The third-order valence-electron chi connectivity index (χ3n) is 5.34. The molecule has 0 atom stereocenters. The second-order valence-corrected chi connectivity index (χ2v) is 7.61. The van der Waals surface area contributed by atoms with E-state index in [1.807, 2.05) is 33.8 Å². The summed E-state index contributed by atoms with van der Waals surface area (Å²) in [4.78, 5) is 27.1. The molecule has 0 saturated heterocycles. The van der Waals surface area contributed by atoms with Gasteiger partial charge in [-0.15, -0.1) is 0 Å². The number of amides is 2. The zero-order chi connectivity index (χ0) is 19.5. The van der Waals surface area contributed by atoms with E-state index >= 15 is 0 Å². The van der Waals surface area contributed by atoms with E-state index in [-0.39, 0.29) is 11.8 Å². The molecule has 1 heterocycles. The molecule has 4 heteroatoms. The lowest BCUT2D eigenvalue weighted by atomic mass is 9.74. The fourth-order valence-electron chi connectivity index (χ4n) is 2.93. The van der Waals surface area contributed by atoms with E-state index < -0.39 is 11.0 Å². The summed E-state index contributed by atoms with van der Waals surface area (Å²) in [6.07, 6.45) is 5.26. The number of rotatable bonds is 8. The van der Waals surface area contributed by atoms with Gasteiger partial charge in [-0.1, -0.05) is 57.4 Å². The van der Waals surface area contributed by atoms with Crippen LogP contribution in [0, 0.1) is 5.41 Å². The molecule has 1 aromatic rings. The van der Waals surface area contributed by atoms with Crippen LogP contribution < -0.4 is 0 Å². The summed E-state index contributed by atoms with van der Waals surface area (Å²) >= 11 is 0. The first kappa shape index (κ1) is 19.9. The highest BCUT2D eigenvalue weighted by atomic mass is 16.5. The minimum atomic E-state index is -0.726. The number of ether oxygens (including phenoxy) is 1. The molecule has 26 heavy (non-hydrogen) atoms. The van der Waals surface area contributed by atoms with E-state index in [9.17, 15) is 9.59 Å². The van der Waals surface area contributed by atoms with Gasteiger partial charge in [0, 0.05) is 5.41 Å². The molecule has 1 aliphatic heterocycles. The molecule has 1 aliphatic rings. The van der Waals surface area contributed by atoms with Gasteiger partial charge in [0.05, 0.1) is 29.9 Å². The van der Waals surface area contributed by atoms with E-state index in [2.05, 4.69) is 13.2 Å². The van der Waals surface area contributed by atoms with Crippen LogP contribution in [-0.2, 0) is 4.74 Å². The van der Waals surface area contributed by atoms with Gasteiger partial charge in [0.2, 0.25) is 0 Å². The highest BCUT2D eigenvalue weighted by Gasteiger charge is 2.51. The van der Waals surface area contributed by atoms with E-state index in [0.717, 1.165) is 5.57 Å². The van der Waals surface area contributed by atoms with Crippen LogP contribution >= 0.6 is 0 Å². The van der Waals surface area contributed by atoms with Gasteiger partial charge in [0.1, 0.15) is 0 Å². The molecule has 0 fully saturated rings.